The lowest BCUT2D eigenvalue weighted by molar-refractivity contribution is -0.120. The summed E-state index contributed by atoms with van der Waals surface area (Å²) >= 11 is 0. The molecule has 1 amide bonds. The number of aromatic nitrogens is 3. The summed E-state index contributed by atoms with van der Waals surface area (Å²) in [6, 6.07) is 5.88. The van der Waals surface area contributed by atoms with Crippen LogP contribution in [0, 0.1) is 18.8 Å². The normalized spacial score (nSPS) is 17.5. The Balaban J connectivity index is 1.40. The highest BCUT2D eigenvalue weighted by Crippen LogP contribution is 2.28. The molecule has 0 spiro atoms. The van der Waals surface area contributed by atoms with Gasteiger partial charge in [-0.05, 0) is 48.8 Å². The van der Waals surface area contributed by atoms with Crippen LogP contribution in [-0.4, -0.2) is 66.9 Å². The Bertz CT molecular complexity index is 936. The van der Waals surface area contributed by atoms with Crippen molar-refractivity contribution in [2.45, 2.75) is 46.0 Å². The van der Waals surface area contributed by atoms with Crippen LogP contribution in [0.5, 0.6) is 0 Å². The fraction of sp³-hybridized carbons (Fsp3) is 0.615. The molecule has 1 aliphatic carbocycles. The third-order valence-corrected chi connectivity index (χ3v) is 6.36. The number of ether oxygens (including phenoxy) is 2. The zero-order chi connectivity index (χ0) is 25.6. The topological polar surface area (TPSA) is 136 Å². The number of anilines is 3. The molecule has 1 heterocycles. The van der Waals surface area contributed by atoms with E-state index >= 15 is 0 Å². The highest BCUT2D eigenvalue weighted by Gasteiger charge is 2.18. The highest BCUT2D eigenvalue weighted by atomic mass is 16.5. The van der Waals surface area contributed by atoms with Gasteiger partial charge in [-0.15, -0.1) is 0 Å². The van der Waals surface area contributed by atoms with Crippen molar-refractivity contribution in [1.82, 2.24) is 20.3 Å². The van der Waals surface area contributed by atoms with Gasteiger partial charge < -0.3 is 31.2 Å². The Hall–Kier alpha value is -2.82. The molecule has 2 aromatic rings. The number of hydrogen-bond acceptors (Lipinski definition) is 9. The van der Waals surface area contributed by atoms with Crippen LogP contribution >= 0.6 is 0 Å². The van der Waals surface area contributed by atoms with Gasteiger partial charge in [0.05, 0.1) is 32.8 Å². The van der Waals surface area contributed by atoms with Crippen molar-refractivity contribution in [3.8, 4) is 0 Å². The number of amides is 1. The molecule has 10 heteroatoms. The van der Waals surface area contributed by atoms with Gasteiger partial charge in [-0.1, -0.05) is 31.9 Å². The van der Waals surface area contributed by atoms with Crippen LogP contribution in [-0.2, 0) is 20.7 Å². The van der Waals surface area contributed by atoms with Crippen molar-refractivity contribution in [2.24, 2.45) is 17.6 Å². The van der Waals surface area contributed by atoms with E-state index in [4.69, 9.17) is 15.2 Å². The summed E-state index contributed by atoms with van der Waals surface area (Å²) in [5, 5.41) is 9.51. The molecule has 1 fully saturated rings. The standard InChI is InChI=1S/C26H41N7O3/c1-19-3-5-21(6-4-19)17-29-25-30-18-31-26(33-25)32-23-8-7-22(15-20(23)2)16-24(34)28-10-12-36-14-13-35-11-9-27/h7-8,15,18-19,21H,3-6,9-14,16-17,27H2,1-2H3,(H,28,34)(H2,29,30,31,32,33). The van der Waals surface area contributed by atoms with Crippen molar-refractivity contribution in [3.63, 3.8) is 0 Å². The third-order valence-electron chi connectivity index (χ3n) is 6.36. The lowest BCUT2D eigenvalue weighted by atomic mass is 9.83. The molecular weight excluding hydrogens is 458 g/mol. The van der Waals surface area contributed by atoms with Gasteiger partial charge >= 0.3 is 0 Å². The van der Waals surface area contributed by atoms with E-state index < -0.39 is 0 Å². The number of nitrogens with zero attached hydrogens (tertiary/aromatic N) is 3. The van der Waals surface area contributed by atoms with E-state index in [2.05, 4.69) is 37.8 Å². The lowest BCUT2D eigenvalue weighted by Gasteiger charge is -2.26. The van der Waals surface area contributed by atoms with Gasteiger partial charge in [0.2, 0.25) is 17.8 Å². The molecule has 0 saturated heterocycles. The van der Waals surface area contributed by atoms with E-state index in [1.807, 2.05) is 25.1 Å². The van der Waals surface area contributed by atoms with E-state index in [1.165, 1.54) is 32.0 Å². The molecule has 1 saturated carbocycles. The van der Waals surface area contributed by atoms with Gasteiger partial charge in [-0.2, -0.15) is 4.98 Å². The van der Waals surface area contributed by atoms with Crippen LogP contribution in [0.2, 0.25) is 0 Å². The molecule has 0 aliphatic heterocycles. The van der Waals surface area contributed by atoms with Crippen molar-refractivity contribution >= 4 is 23.5 Å². The second-order valence-corrected chi connectivity index (χ2v) is 9.45. The zero-order valence-corrected chi connectivity index (χ0v) is 21.6. The van der Waals surface area contributed by atoms with Gasteiger partial charge in [0, 0.05) is 25.3 Å². The molecule has 0 bridgehead atoms. The van der Waals surface area contributed by atoms with Crippen molar-refractivity contribution in [1.29, 1.82) is 0 Å². The second-order valence-electron chi connectivity index (χ2n) is 9.45. The van der Waals surface area contributed by atoms with Gasteiger partial charge in [-0.3, -0.25) is 4.79 Å². The second kappa shape index (κ2) is 15.3. The van der Waals surface area contributed by atoms with E-state index in [0.29, 0.717) is 63.8 Å². The quantitative estimate of drug-likeness (QED) is 0.273. The highest BCUT2D eigenvalue weighted by molar-refractivity contribution is 5.79. The van der Waals surface area contributed by atoms with E-state index in [9.17, 15) is 4.79 Å². The summed E-state index contributed by atoms with van der Waals surface area (Å²) in [5.74, 6) is 2.56. The average molecular weight is 500 g/mol. The first-order valence-corrected chi connectivity index (χ1v) is 12.9. The maximum atomic E-state index is 12.2. The molecule has 1 aliphatic rings. The lowest BCUT2D eigenvalue weighted by Crippen LogP contribution is -2.29. The fourth-order valence-electron chi connectivity index (χ4n) is 4.22. The number of nitrogens with one attached hydrogen (secondary N) is 3. The van der Waals surface area contributed by atoms with Gasteiger partial charge in [0.25, 0.3) is 0 Å². The summed E-state index contributed by atoms with van der Waals surface area (Å²) in [7, 11) is 0. The van der Waals surface area contributed by atoms with Crippen LogP contribution in [0.4, 0.5) is 17.6 Å². The van der Waals surface area contributed by atoms with Crippen LogP contribution in [0.1, 0.15) is 43.7 Å². The number of aryl methyl sites for hydroxylation is 1. The van der Waals surface area contributed by atoms with Crippen LogP contribution < -0.4 is 21.7 Å². The predicted octanol–water partition coefficient (Wildman–Crippen LogP) is 2.81. The molecule has 5 N–H and O–H groups in total. The minimum Gasteiger partial charge on any atom is -0.378 e. The largest absolute Gasteiger partial charge is 0.378 e. The van der Waals surface area contributed by atoms with Gasteiger partial charge in [0.15, 0.2) is 0 Å². The number of rotatable bonds is 15. The Morgan fingerprint density at radius 3 is 2.56 bits per heavy atom. The molecule has 198 valence electrons. The Morgan fingerprint density at radius 1 is 1.06 bits per heavy atom. The van der Waals surface area contributed by atoms with Crippen molar-refractivity contribution in [2.75, 3.05) is 56.7 Å². The predicted molar refractivity (Wildman–Crippen MR) is 141 cm³/mol. The number of nitrogens with two attached hydrogens (primary N) is 1. The van der Waals surface area contributed by atoms with E-state index in [0.717, 1.165) is 29.3 Å². The first kappa shape index (κ1) is 27.8. The Morgan fingerprint density at radius 2 is 1.81 bits per heavy atom. The number of hydrogen-bond donors (Lipinski definition) is 4. The fourth-order valence-corrected chi connectivity index (χ4v) is 4.22. The molecular formula is C26H41N7O3. The summed E-state index contributed by atoms with van der Waals surface area (Å²) < 4.78 is 10.7. The maximum absolute atomic E-state index is 12.2. The zero-order valence-electron chi connectivity index (χ0n) is 21.6. The smallest absolute Gasteiger partial charge is 0.232 e. The molecule has 0 unspecified atom stereocenters. The molecule has 0 atom stereocenters. The molecule has 36 heavy (non-hydrogen) atoms. The van der Waals surface area contributed by atoms with Gasteiger partial charge in [0.1, 0.15) is 6.33 Å². The monoisotopic (exact) mass is 499 g/mol. The summed E-state index contributed by atoms with van der Waals surface area (Å²) in [4.78, 5) is 25.3. The van der Waals surface area contributed by atoms with E-state index in [-0.39, 0.29) is 5.91 Å². The Labute approximate surface area is 214 Å². The van der Waals surface area contributed by atoms with Crippen molar-refractivity contribution in [3.05, 3.63) is 35.7 Å². The third kappa shape index (κ3) is 10.0. The average Bonchev–Trinajstić information content (AvgIpc) is 2.87. The molecule has 1 aromatic carbocycles. The molecule has 3 rings (SSSR count). The van der Waals surface area contributed by atoms with E-state index in [1.54, 1.807) is 0 Å². The Kier molecular flexibility index (Phi) is 11.8. The summed E-state index contributed by atoms with van der Waals surface area (Å²) in [5.41, 5.74) is 8.19. The first-order chi connectivity index (χ1) is 17.5. The first-order valence-electron chi connectivity index (χ1n) is 12.9. The van der Waals surface area contributed by atoms with Crippen LogP contribution in [0.25, 0.3) is 0 Å². The van der Waals surface area contributed by atoms with Crippen LogP contribution in [0.3, 0.4) is 0 Å². The summed E-state index contributed by atoms with van der Waals surface area (Å²) in [6.45, 7) is 8.15. The maximum Gasteiger partial charge on any atom is 0.232 e. The SMILES string of the molecule is Cc1cc(CC(=O)NCCOCCOCCN)ccc1Nc1ncnc(NCC2CCC(C)CC2)n1. The number of carbonyl (C=O) groups excluding carboxylic acids is 1. The summed E-state index contributed by atoms with van der Waals surface area (Å²) in [6.07, 6.45) is 6.94. The van der Waals surface area contributed by atoms with Crippen molar-refractivity contribution < 1.29 is 14.3 Å². The molecule has 0 radical (unpaired) electrons. The minimum atomic E-state index is -0.0429. The number of benzene rings is 1. The molecule has 1 aromatic heterocycles. The molecule has 10 nitrogen and oxygen atoms in total. The van der Waals surface area contributed by atoms with Gasteiger partial charge in [-0.25, -0.2) is 9.97 Å². The van der Waals surface area contributed by atoms with Crippen LogP contribution in [0.15, 0.2) is 24.5 Å². The minimum absolute atomic E-state index is 0.0429. The number of carbonyl (C=O) groups is 1.